The van der Waals surface area contributed by atoms with Crippen LogP contribution in [0.5, 0.6) is 0 Å². The van der Waals surface area contributed by atoms with Crippen LogP contribution in [0.1, 0.15) is 17.5 Å². The lowest BCUT2D eigenvalue weighted by Gasteiger charge is -2.40. The number of H-pyrrole nitrogens is 1. The Balaban J connectivity index is 1.24. The summed E-state index contributed by atoms with van der Waals surface area (Å²) in [6.45, 7) is 3.04. The third-order valence-electron chi connectivity index (χ3n) is 6.79. The third-order valence-corrected chi connectivity index (χ3v) is 7.95. The summed E-state index contributed by atoms with van der Waals surface area (Å²) in [5.41, 5.74) is 3.23. The molecule has 4 heterocycles. The molecule has 0 spiro atoms. The summed E-state index contributed by atoms with van der Waals surface area (Å²) in [6.07, 6.45) is -0.865. The summed E-state index contributed by atoms with van der Waals surface area (Å²) in [4.78, 5) is 28.6. The minimum absolute atomic E-state index is 0.0421. The molecule has 1 saturated heterocycles. The van der Waals surface area contributed by atoms with E-state index in [0.29, 0.717) is 47.3 Å². The Labute approximate surface area is 225 Å². The molecule has 12 heteroatoms. The Kier molecular flexibility index (Phi) is 6.34. The van der Waals surface area contributed by atoms with E-state index in [2.05, 4.69) is 20.1 Å². The Morgan fingerprint density at radius 2 is 1.87 bits per heavy atom. The van der Waals surface area contributed by atoms with Gasteiger partial charge in [0.05, 0.1) is 23.1 Å². The summed E-state index contributed by atoms with van der Waals surface area (Å²) < 4.78 is 42.8. The topological polar surface area (TPSA) is 82.9 Å². The SMILES string of the molecule is C[C@@H]1CN(c2sc(C(F)(F)F)nc2-c2nc3ccccc3[nH]2)CCN1C(=O)Cc1ccccc1-n1cccn1. The quantitative estimate of drug-likeness (QED) is 0.326. The number of aromatic nitrogens is 5. The molecule has 0 unspecified atom stereocenters. The number of para-hydroxylation sites is 3. The van der Waals surface area contributed by atoms with Gasteiger partial charge in [-0.05, 0) is 36.8 Å². The number of halogens is 3. The van der Waals surface area contributed by atoms with E-state index in [1.165, 1.54) is 0 Å². The van der Waals surface area contributed by atoms with Gasteiger partial charge in [-0.2, -0.15) is 18.3 Å². The highest BCUT2D eigenvalue weighted by Gasteiger charge is 2.39. The van der Waals surface area contributed by atoms with E-state index in [9.17, 15) is 18.0 Å². The molecule has 1 fully saturated rings. The minimum Gasteiger partial charge on any atom is -0.358 e. The number of rotatable bonds is 5. The number of alkyl halides is 3. The molecular formula is C27H24F3N7OS. The summed E-state index contributed by atoms with van der Waals surface area (Å²) in [7, 11) is 0. The molecule has 0 radical (unpaired) electrons. The fourth-order valence-electron chi connectivity index (χ4n) is 4.94. The van der Waals surface area contributed by atoms with Crippen molar-refractivity contribution < 1.29 is 18.0 Å². The standard InChI is InChI=1S/C27H24F3N7OS/c1-17-16-35(13-14-36(17)22(38)15-18-7-2-5-10-21(18)37-12-6-11-31-37)25-23(34-26(39-25)27(28,29)30)24-32-19-8-3-4-9-20(19)33-24/h2-12,17H,13-16H2,1H3,(H,32,33)/t17-/m1/s1. The van der Waals surface area contributed by atoms with Crippen molar-refractivity contribution in [3.63, 3.8) is 0 Å². The van der Waals surface area contributed by atoms with Gasteiger partial charge in [0.1, 0.15) is 10.7 Å². The lowest BCUT2D eigenvalue weighted by atomic mass is 10.1. The molecule has 8 nitrogen and oxygen atoms in total. The van der Waals surface area contributed by atoms with Crippen LogP contribution in [0.3, 0.4) is 0 Å². The van der Waals surface area contributed by atoms with E-state index in [1.54, 1.807) is 21.8 Å². The van der Waals surface area contributed by atoms with Crippen molar-refractivity contribution in [1.82, 2.24) is 29.6 Å². The molecular weight excluding hydrogens is 527 g/mol. The number of imidazole rings is 1. The van der Waals surface area contributed by atoms with E-state index < -0.39 is 11.2 Å². The van der Waals surface area contributed by atoms with E-state index >= 15 is 0 Å². The summed E-state index contributed by atoms with van der Waals surface area (Å²) in [6, 6.07) is 16.5. The fourth-order valence-corrected chi connectivity index (χ4v) is 5.91. The highest BCUT2D eigenvalue weighted by Crippen LogP contribution is 2.42. The van der Waals surface area contributed by atoms with Crippen molar-refractivity contribution in [1.29, 1.82) is 0 Å². The van der Waals surface area contributed by atoms with Gasteiger partial charge >= 0.3 is 6.18 Å². The van der Waals surface area contributed by atoms with Crippen molar-refractivity contribution >= 4 is 33.3 Å². The summed E-state index contributed by atoms with van der Waals surface area (Å²) in [5.74, 6) is 0.249. The minimum atomic E-state index is -4.57. The van der Waals surface area contributed by atoms with Crippen LogP contribution in [0.2, 0.25) is 0 Å². The number of aromatic amines is 1. The maximum absolute atomic E-state index is 13.7. The van der Waals surface area contributed by atoms with Crippen molar-refractivity contribution in [2.24, 2.45) is 0 Å². The first-order chi connectivity index (χ1) is 18.8. The molecule has 1 amide bonds. The van der Waals surface area contributed by atoms with Gasteiger partial charge in [-0.3, -0.25) is 4.79 Å². The van der Waals surface area contributed by atoms with E-state index in [-0.39, 0.29) is 24.1 Å². The zero-order valence-corrected chi connectivity index (χ0v) is 21.7. The lowest BCUT2D eigenvalue weighted by Crippen LogP contribution is -2.54. The van der Waals surface area contributed by atoms with Crippen LogP contribution in [0, 0.1) is 0 Å². The van der Waals surface area contributed by atoms with Crippen LogP contribution in [-0.4, -0.2) is 61.2 Å². The molecule has 5 aromatic rings. The smallest absolute Gasteiger partial charge is 0.358 e. The van der Waals surface area contributed by atoms with E-state index in [0.717, 1.165) is 16.8 Å². The van der Waals surface area contributed by atoms with Crippen molar-refractivity contribution in [3.05, 3.63) is 77.6 Å². The van der Waals surface area contributed by atoms with Crippen molar-refractivity contribution in [2.45, 2.75) is 25.6 Å². The second-order valence-corrected chi connectivity index (χ2v) is 10.4. The van der Waals surface area contributed by atoms with Gasteiger partial charge in [0.15, 0.2) is 5.82 Å². The second kappa shape index (κ2) is 9.84. The molecule has 39 heavy (non-hydrogen) atoms. The maximum Gasteiger partial charge on any atom is 0.443 e. The van der Waals surface area contributed by atoms with Crippen molar-refractivity contribution in [3.8, 4) is 17.2 Å². The van der Waals surface area contributed by atoms with Crippen LogP contribution in [-0.2, 0) is 17.4 Å². The Hall–Kier alpha value is -4.19. The third kappa shape index (κ3) is 4.87. The fraction of sp³-hybridized carbons (Fsp3) is 0.259. The summed E-state index contributed by atoms with van der Waals surface area (Å²) >= 11 is 0.609. The normalized spacial score (nSPS) is 16.3. The largest absolute Gasteiger partial charge is 0.443 e. The monoisotopic (exact) mass is 551 g/mol. The van der Waals surface area contributed by atoms with Crippen LogP contribution in [0.15, 0.2) is 67.0 Å². The van der Waals surface area contributed by atoms with Gasteiger partial charge < -0.3 is 14.8 Å². The van der Waals surface area contributed by atoms with Crippen LogP contribution >= 0.6 is 11.3 Å². The number of nitrogens with one attached hydrogen (secondary N) is 1. The molecule has 0 bridgehead atoms. The number of hydrogen-bond donors (Lipinski definition) is 1. The number of anilines is 1. The second-order valence-electron chi connectivity index (χ2n) is 9.41. The number of benzene rings is 2. The highest BCUT2D eigenvalue weighted by atomic mass is 32.1. The Morgan fingerprint density at radius 1 is 1.08 bits per heavy atom. The number of fused-ring (bicyclic) bond motifs is 1. The molecule has 1 atom stereocenters. The van der Waals surface area contributed by atoms with Gasteiger partial charge in [-0.25, -0.2) is 14.6 Å². The number of hydrogen-bond acceptors (Lipinski definition) is 6. The summed E-state index contributed by atoms with van der Waals surface area (Å²) in [5, 5.41) is 3.76. The predicted molar refractivity (Wildman–Crippen MR) is 143 cm³/mol. The van der Waals surface area contributed by atoms with Gasteiger partial charge in [-0.15, -0.1) is 0 Å². The van der Waals surface area contributed by atoms with E-state index in [4.69, 9.17) is 0 Å². The average Bonchev–Trinajstić information content (AvgIpc) is 3.68. The molecule has 0 saturated carbocycles. The first-order valence-electron chi connectivity index (χ1n) is 12.4. The maximum atomic E-state index is 13.7. The molecule has 2 aromatic carbocycles. The molecule has 6 rings (SSSR count). The Bertz CT molecular complexity index is 1590. The average molecular weight is 552 g/mol. The van der Waals surface area contributed by atoms with Gasteiger partial charge in [0.25, 0.3) is 0 Å². The van der Waals surface area contributed by atoms with Crippen LogP contribution < -0.4 is 4.90 Å². The number of nitrogens with zero attached hydrogens (tertiary/aromatic N) is 6. The molecule has 1 aliphatic heterocycles. The van der Waals surface area contributed by atoms with E-state index in [1.807, 2.05) is 66.6 Å². The molecule has 200 valence electrons. The first-order valence-corrected chi connectivity index (χ1v) is 13.2. The van der Waals surface area contributed by atoms with Crippen LogP contribution in [0.4, 0.5) is 18.2 Å². The molecule has 3 aromatic heterocycles. The highest BCUT2D eigenvalue weighted by molar-refractivity contribution is 7.16. The number of amides is 1. The number of piperazine rings is 1. The molecule has 1 N–H and O–H groups in total. The lowest BCUT2D eigenvalue weighted by molar-refractivity contribution is -0.137. The molecule has 1 aliphatic rings. The Morgan fingerprint density at radius 3 is 2.62 bits per heavy atom. The number of carbonyl (C=O) groups excluding carboxylic acids is 1. The number of thiazole rings is 1. The predicted octanol–water partition coefficient (Wildman–Crippen LogP) is 5.17. The van der Waals surface area contributed by atoms with Crippen molar-refractivity contribution in [2.75, 3.05) is 24.5 Å². The van der Waals surface area contributed by atoms with Crippen LogP contribution in [0.25, 0.3) is 28.2 Å². The number of carbonyl (C=O) groups is 1. The molecule has 0 aliphatic carbocycles. The zero-order chi connectivity index (χ0) is 27.1. The van der Waals surface area contributed by atoms with Gasteiger partial charge in [0, 0.05) is 38.1 Å². The van der Waals surface area contributed by atoms with Gasteiger partial charge in [0.2, 0.25) is 10.9 Å². The zero-order valence-electron chi connectivity index (χ0n) is 20.9. The first kappa shape index (κ1) is 25.1. The van der Waals surface area contributed by atoms with Gasteiger partial charge in [-0.1, -0.05) is 41.7 Å².